The number of rotatable bonds is 6. The molecule has 0 aliphatic rings. The smallest absolute Gasteiger partial charge is 0.382 e. The SMILES string of the molecule is CC/C=C/CCOc1c(O)c(=O)oc2cc(OC(C)=O)ccc12. The predicted molar refractivity (Wildman–Crippen MR) is 85.0 cm³/mol. The summed E-state index contributed by atoms with van der Waals surface area (Å²) in [6.07, 6.45) is 5.55. The number of hydrogen-bond acceptors (Lipinski definition) is 6. The third-order valence-electron chi connectivity index (χ3n) is 3.00. The Morgan fingerprint density at radius 2 is 2.13 bits per heavy atom. The van der Waals surface area contributed by atoms with E-state index < -0.39 is 17.3 Å². The molecule has 2 aromatic rings. The molecule has 1 heterocycles. The lowest BCUT2D eigenvalue weighted by molar-refractivity contribution is -0.131. The monoisotopic (exact) mass is 318 g/mol. The second-order valence-electron chi connectivity index (χ2n) is 4.84. The standard InChI is InChI=1S/C17H18O6/c1-3-4-5-6-9-21-16-13-8-7-12(22-11(2)18)10-14(13)23-17(20)15(16)19/h4-5,7-8,10,19H,3,6,9H2,1-2H3/b5-4+. The maximum atomic E-state index is 11.7. The van der Waals surface area contributed by atoms with Crippen molar-refractivity contribution in [2.75, 3.05) is 6.61 Å². The van der Waals surface area contributed by atoms with Crippen molar-refractivity contribution in [1.29, 1.82) is 0 Å². The quantitative estimate of drug-likeness (QED) is 0.289. The summed E-state index contributed by atoms with van der Waals surface area (Å²) >= 11 is 0. The van der Waals surface area contributed by atoms with Crippen molar-refractivity contribution < 1.29 is 23.8 Å². The van der Waals surface area contributed by atoms with Gasteiger partial charge in [-0.2, -0.15) is 0 Å². The molecular formula is C17H18O6. The highest BCUT2D eigenvalue weighted by Crippen LogP contribution is 2.33. The summed E-state index contributed by atoms with van der Waals surface area (Å²) in [5.41, 5.74) is -0.734. The zero-order valence-corrected chi connectivity index (χ0v) is 13.0. The topological polar surface area (TPSA) is 86.0 Å². The molecule has 0 fully saturated rings. The van der Waals surface area contributed by atoms with Gasteiger partial charge in [0.15, 0.2) is 5.75 Å². The Bertz CT molecular complexity index is 788. The number of esters is 1. The molecule has 6 nitrogen and oxygen atoms in total. The summed E-state index contributed by atoms with van der Waals surface area (Å²) in [6, 6.07) is 4.50. The largest absolute Gasteiger partial charge is 0.499 e. The molecule has 0 bridgehead atoms. The molecule has 2 rings (SSSR count). The van der Waals surface area contributed by atoms with Crippen molar-refractivity contribution in [3.8, 4) is 17.2 Å². The minimum Gasteiger partial charge on any atom is -0.499 e. The van der Waals surface area contributed by atoms with Gasteiger partial charge < -0.3 is 19.0 Å². The van der Waals surface area contributed by atoms with Crippen LogP contribution in [0.1, 0.15) is 26.7 Å². The van der Waals surface area contributed by atoms with Crippen LogP contribution < -0.4 is 15.1 Å². The van der Waals surface area contributed by atoms with Crippen LogP contribution in [-0.4, -0.2) is 17.7 Å². The van der Waals surface area contributed by atoms with Gasteiger partial charge in [0.05, 0.1) is 12.0 Å². The van der Waals surface area contributed by atoms with Gasteiger partial charge in [-0.15, -0.1) is 0 Å². The molecule has 0 unspecified atom stereocenters. The normalized spacial score (nSPS) is 11.0. The van der Waals surface area contributed by atoms with Gasteiger partial charge >= 0.3 is 11.6 Å². The molecule has 1 N–H and O–H groups in total. The summed E-state index contributed by atoms with van der Waals surface area (Å²) in [4.78, 5) is 22.7. The minimum absolute atomic E-state index is 0.0653. The van der Waals surface area contributed by atoms with Gasteiger partial charge in [-0.1, -0.05) is 19.1 Å². The van der Waals surface area contributed by atoms with E-state index in [0.717, 1.165) is 6.42 Å². The maximum Gasteiger partial charge on any atom is 0.382 e. The van der Waals surface area contributed by atoms with Gasteiger partial charge in [-0.05, 0) is 25.0 Å². The molecule has 0 radical (unpaired) electrons. The summed E-state index contributed by atoms with van der Waals surface area (Å²) in [5, 5.41) is 10.3. The molecule has 0 aliphatic carbocycles. The van der Waals surface area contributed by atoms with Crippen molar-refractivity contribution in [2.24, 2.45) is 0 Å². The molecule has 0 saturated heterocycles. The van der Waals surface area contributed by atoms with E-state index in [1.54, 1.807) is 6.07 Å². The van der Waals surface area contributed by atoms with Crippen molar-refractivity contribution in [3.05, 3.63) is 40.8 Å². The second-order valence-corrected chi connectivity index (χ2v) is 4.84. The number of benzene rings is 1. The molecule has 0 saturated carbocycles. The highest BCUT2D eigenvalue weighted by atomic mass is 16.5. The van der Waals surface area contributed by atoms with E-state index in [-0.39, 0.29) is 17.1 Å². The Kier molecular flexibility index (Phi) is 5.41. The Morgan fingerprint density at radius 1 is 1.35 bits per heavy atom. The molecule has 0 spiro atoms. The summed E-state index contributed by atoms with van der Waals surface area (Å²) in [7, 11) is 0. The van der Waals surface area contributed by atoms with E-state index >= 15 is 0 Å². The van der Waals surface area contributed by atoms with Crippen molar-refractivity contribution in [2.45, 2.75) is 26.7 Å². The zero-order chi connectivity index (χ0) is 16.8. The van der Waals surface area contributed by atoms with E-state index in [2.05, 4.69) is 0 Å². The first-order valence-electron chi connectivity index (χ1n) is 7.29. The van der Waals surface area contributed by atoms with Crippen LogP contribution in [0.4, 0.5) is 0 Å². The van der Waals surface area contributed by atoms with Crippen molar-refractivity contribution in [1.82, 2.24) is 0 Å². The minimum atomic E-state index is -0.906. The second kappa shape index (κ2) is 7.49. The van der Waals surface area contributed by atoms with Crippen LogP contribution in [0.5, 0.6) is 17.2 Å². The van der Waals surface area contributed by atoms with Gasteiger partial charge in [0.1, 0.15) is 11.3 Å². The third kappa shape index (κ3) is 4.12. The average molecular weight is 318 g/mol. The van der Waals surface area contributed by atoms with Crippen LogP contribution in [0.25, 0.3) is 11.0 Å². The van der Waals surface area contributed by atoms with Gasteiger partial charge in [-0.3, -0.25) is 4.79 Å². The number of carbonyl (C=O) groups is 1. The summed E-state index contributed by atoms with van der Waals surface area (Å²) < 4.78 is 15.5. The lowest BCUT2D eigenvalue weighted by Gasteiger charge is -2.10. The van der Waals surface area contributed by atoms with Gasteiger partial charge in [0, 0.05) is 13.0 Å². The van der Waals surface area contributed by atoms with Crippen LogP contribution in [0.2, 0.25) is 0 Å². The first-order chi connectivity index (χ1) is 11.0. The highest BCUT2D eigenvalue weighted by Gasteiger charge is 2.16. The van der Waals surface area contributed by atoms with E-state index in [1.807, 2.05) is 19.1 Å². The Balaban J connectivity index is 2.34. The lowest BCUT2D eigenvalue weighted by atomic mass is 10.2. The molecule has 122 valence electrons. The Labute approximate surface area is 132 Å². The van der Waals surface area contributed by atoms with Crippen LogP contribution >= 0.6 is 0 Å². The number of fused-ring (bicyclic) bond motifs is 1. The highest BCUT2D eigenvalue weighted by molar-refractivity contribution is 5.87. The van der Waals surface area contributed by atoms with Crippen LogP contribution in [-0.2, 0) is 4.79 Å². The predicted octanol–water partition coefficient (Wildman–Crippen LogP) is 3.16. The Hall–Kier alpha value is -2.76. The fourth-order valence-corrected chi connectivity index (χ4v) is 2.03. The van der Waals surface area contributed by atoms with Gasteiger partial charge in [0.25, 0.3) is 0 Å². The van der Waals surface area contributed by atoms with E-state index in [4.69, 9.17) is 13.9 Å². The number of ether oxygens (including phenoxy) is 2. The number of aromatic hydroxyl groups is 1. The molecule has 1 aromatic carbocycles. The van der Waals surface area contributed by atoms with E-state index in [1.165, 1.54) is 19.1 Å². The van der Waals surface area contributed by atoms with Crippen LogP contribution in [0.15, 0.2) is 39.6 Å². The molecule has 0 atom stereocenters. The van der Waals surface area contributed by atoms with E-state index in [9.17, 15) is 14.7 Å². The fraction of sp³-hybridized carbons (Fsp3) is 0.294. The number of carbonyl (C=O) groups excluding carboxylic acids is 1. The third-order valence-corrected chi connectivity index (χ3v) is 3.00. The van der Waals surface area contributed by atoms with Crippen LogP contribution in [0, 0.1) is 0 Å². The lowest BCUT2D eigenvalue weighted by Crippen LogP contribution is -2.05. The average Bonchev–Trinajstić information content (AvgIpc) is 2.50. The van der Waals surface area contributed by atoms with Crippen molar-refractivity contribution >= 4 is 16.9 Å². The zero-order valence-electron chi connectivity index (χ0n) is 13.0. The van der Waals surface area contributed by atoms with Crippen molar-refractivity contribution in [3.63, 3.8) is 0 Å². The molecule has 0 amide bonds. The number of allylic oxidation sites excluding steroid dienone is 1. The fourth-order valence-electron chi connectivity index (χ4n) is 2.03. The molecular weight excluding hydrogens is 300 g/mol. The molecule has 6 heteroatoms. The van der Waals surface area contributed by atoms with Gasteiger partial charge in [-0.25, -0.2) is 4.79 Å². The first kappa shape index (κ1) is 16.6. The number of hydrogen-bond donors (Lipinski definition) is 1. The molecule has 23 heavy (non-hydrogen) atoms. The summed E-state index contributed by atoms with van der Waals surface area (Å²) in [6.45, 7) is 3.61. The summed E-state index contributed by atoms with van der Waals surface area (Å²) in [5.74, 6) is -0.743. The molecule has 1 aromatic heterocycles. The van der Waals surface area contributed by atoms with Crippen LogP contribution in [0.3, 0.4) is 0 Å². The van der Waals surface area contributed by atoms with Gasteiger partial charge in [0.2, 0.25) is 5.75 Å². The first-order valence-corrected chi connectivity index (χ1v) is 7.29. The Morgan fingerprint density at radius 3 is 2.83 bits per heavy atom. The van der Waals surface area contributed by atoms with E-state index in [0.29, 0.717) is 18.4 Å². The maximum absolute atomic E-state index is 11.7. The molecule has 0 aliphatic heterocycles.